The summed E-state index contributed by atoms with van der Waals surface area (Å²) in [5, 5.41) is 0. The summed E-state index contributed by atoms with van der Waals surface area (Å²) in [6.45, 7) is 4.81. The van der Waals surface area contributed by atoms with Crippen molar-refractivity contribution >= 4 is 17.6 Å². The molecule has 0 spiro atoms. The number of carbonyl (C=O) groups excluding carboxylic acids is 2. The van der Waals surface area contributed by atoms with E-state index < -0.39 is 0 Å². The van der Waals surface area contributed by atoms with Gasteiger partial charge in [-0.3, -0.25) is 19.7 Å². The molecule has 154 valence electrons. The van der Waals surface area contributed by atoms with Gasteiger partial charge in [0.1, 0.15) is 0 Å². The Morgan fingerprint density at radius 1 is 1.24 bits per heavy atom. The maximum Gasteiger partial charge on any atom is 0.338 e. The van der Waals surface area contributed by atoms with Crippen molar-refractivity contribution in [2.45, 2.75) is 20.0 Å². The first kappa shape index (κ1) is 20.9. The molecule has 0 fully saturated rings. The molecule has 0 N–H and O–H groups in total. The number of amides is 1. The first-order valence-electron chi connectivity index (χ1n) is 9.70. The summed E-state index contributed by atoms with van der Waals surface area (Å²) in [5.41, 5.74) is 3.09. The monoisotopic (exact) mass is 397 g/mol. The lowest BCUT2D eigenvalue weighted by molar-refractivity contribution is -0.119. The summed E-state index contributed by atoms with van der Waals surface area (Å²) < 4.78 is 5.06. The van der Waals surface area contributed by atoms with E-state index in [2.05, 4.69) is 14.9 Å². The van der Waals surface area contributed by atoms with Gasteiger partial charge in [-0.05, 0) is 44.8 Å². The van der Waals surface area contributed by atoms with Crippen molar-refractivity contribution in [1.29, 1.82) is 0 Å². The van der Waals surface area contributed by atoms with Crippen LogP contribution in [-0.4, -0.2) is 72.0 Å². The van der Waals surface area contributed by atoms with Crippen molar-refractivity contribution in [3.8, 4) is 0 Å². The van der Waals surface area contributed by atoms with E-state index in [1.807, 2.05) is 30.0 Å². The van der Waals surface area contributed by atoms with Gasteiger partial charge in [-0.2, -0.15) is 0 Å². The third-order valence-electron chi connectivity index (χ3n) is 4.72. The molecule has 1 aliphatic heterocycles. The molecule has 1 amide bonds. The fourth-order valence-electron chi connectivity index (χ4n) is 3.29. The minimum atomic E-state index is -0.366. The van der Waals surface area contributed by atoms with Gasteiger partial charge in [0.05, 0.1) is 36.3 Å². The van der Waals surface area contributed by atoms with Crippen LogP contribution in [0.25, 0.3) is 0 Å². The normalized spacial score (nSPS) is 14.6. The van der Waals surface area contributed by atoms with Gasteiger partial charge in [0, 0.05) is 38.6 Å². The molecule has 3 heterocycles. The summed E-state index contributed by atoms with van der Waals surface area (Å²) in [6, 6.07) is 5.32. The Hall–Kier alpha value is -2.84. The zero-order chi connectivity index (χ0) is 20.8. The molecule has 0 bridgehead atoms. The van der Waals surface area contributed by atoms with Crippen LogP contribution in [-0.2, 0) is 22.6 Å². The van der Waals surface area contributed by atoms with Crippen LogP contribution in [0.4, 0.5) is 5.69 Å². The smallest absolute Gasteiger partial charge is 0.338 e. The Bertz CT molecular complexity index is 871. The molecule has 0 atom stereocenters. The van der Waals surface area contributed by atoms with Crippen LogP contribution < -0.4 is 4.90 Å². The highest BCUT2D eigenvalue weighted by Gasteiger charge is 2.26. The zero-order valence-electron chi connectivity index (χ0n) is 17.2. The molecule has 0 aliphatic carbocycles. The van der Waals surface area contributed by atoms with Gasteiger partial charge in [-0.1, -0.05) is 0 Å². The highest BCUT2D eigenvalue weighted by atomic mass is 16.5. The van der Waals surface area contributed by atoms with Gasteiger partial charge in [0.15, 0.2) is 0 Å². The number of hydrogen-bond acceptors (Lipinski definition) is 7. The second kappa shape index (κ2) is 9.58. The number of ether oxygens (including phenoxy) is 1. The Morgan fingerprint density at radius 2 is 2.07 bits per heavy atom. The number of likely N-dealkylation sites (N-methyl/N-ethyl adjacent to an activating group) is 1. The molecule has 2 aromatic heterocycles. The lowest BCUT2D eigenvalue weighted by Crippen LogP contribution is -2.40. The van der Waals surface area contributed by atoms with Crippen LogP contribution >= 0.6 is 0 Å². The highest BCUT2D eigenvalue weighted by molar-refractivity contribution is 5.96. The van der Waals surface area contributed by atoms with E-state index >= 15 is 0 Å². The molecule has 0 saturated carbocycles. The molecular formula is C21H27N5O3. The largest absolute Gasteiger partial charge is 0.462 e. The fraction of sp³-hybridized carbons (Fsp3) is 0.429. The maximum absolute atomic E-state index is 13.0. The number of hydrogen-bond donors (Lipinski definition) is 0. The first-order valence-corrected chi connectivity index (χ1v) is 9.70. The molecule has 0 radical (unpaired) electrons. The third kappa shape index (κ3) is 5.36. The minimum Gasteiger partial charge on any atom is -0.462 e. The van der Waals surface area contributed by atoms with Crippen LogP contribution in [0, 0.1) is 0 Å². The number of rotatable bonds is 7. The molecule has 0 saturated heterocycles. The van der Waals surface area contributed by atoms with Crippen molar-refractivity contribution in [3.05, 3.63) is 53.6 Å². The molecule has 1 aliphatic rings. The SMILES string of the molecule is CCOC(=O)c1ccnc(CN2CC(=O)N(CCN(C)C)c3cnccc3C2)c1. The van der Waals surface area contributed by atoms with Gasteiger partial charge in [-0.25, -0.2) is 4.79 Å². The summed E-state index contributed by atoms with van der Waals surface area (Å²) in [6.07, 6.45) is 5.10. The molecule has 3 rings (SSSR count). The van der Waals surface area contributed by atoms with E-state index in [4.69, 9.17) is 4.74 Å². The molecule has 0 aromatic carbocycles. The molecule has 8 heteroatoms. The second-order valence-electron chi connectivity index (χ2n) is 7.25. The van der Waals surface area contributed by atoms with Crippen LogP contribution in [0.15, 0.2) is 36.8 Å². The minimum absolute atomic E-state index is 0.0279. The number of aromatic nitrogens is 2. The van der Waals surface area contributed by atoms with Gasteiger partial charge in [0.2, 0.25) is 5.91 Å². The van der Waals surface area contributed by atoms with E-state index in [1.165, 1.54) is 0 Å². The Balaban J connectivity index is 1.80. The van der Waals surface area contributed by atoms with Crippen molar-refractivity contribution in [2.75, 3.05) is 45.2 Å². The van der Waals surface area contributed by atoms with Gasteiger partial charge in [-0.15, -0.1) is 0 Å². The first-order chi connectivity index (χ1) is 14.0. The van der Waals surface area contributed by atoms with E-state index in [-0.39, 0.29) is 18.4 Å². The third-order valence-corrected chi connectivity index (χ3v) is 4.72. The molecular weight excluding hydrogens is 370 g/mol. The number of carbonyl (C=O) groups is 2. The van der Waals surface area contributed by atoms with E-state index in [0.717, 1.165) is 23.5 Å². The molecule has 2 aromatic rings. The van der Waals surface area contributed by atoms with Gasteiger partial charge >= 0.3 is 5.97 Å². The molecule has 0 unspecified atom stereocenters. The van der Waals surface area contributed by atoms with Crippen molar-refractivity contribution in [3.63, 3.8) is 0 Å². The van der Waals surface area contributed by atoms with Crippen LogP contribution in [0.5, 0.6) is 0 Å². The fourth-order valence-corrected chi connectivity index (χ4v) is 3.29. The van der Waals surface area contributed by atoms with E-state index in [9.17, 15) is 9.59 Å². The standard InChI is InChI=1S/C21H27N5O3/c1-4-29-21(28)16-6-8-23-18(11-16)14-25-13-17-5-7-22-12-19(17)26(20(27)15-25)10-9-24(2)3/h5-8,11-12H,4,9-10,13-15H2,1-3H3. The number of pyridine rings is 2. The molecule has 29 heavy (non-hydrogen) atoms. The number of nitrogens with zero attached hydrogens (tertiary/aromatic N) is 5. The second-order valence-corrected chi connectivity index (χ2v) is 7.25. The Kier molecular flexibility index (Phi) is 6.90. The van der Waals surface area contributed by atoms with E-state index in [0.29, 0.717) is 31.8 Å². The number of anilines is 1. The number of esters is 1. The van der Waals surface area contributed by atoms with Crippen molar-refractivity contribution in [1.82, 2.24) is 19.8 Å². The van der Waals surface area contributed by atoms with E-state index in [1.54, 1.807) is 37.6 Å². The topological polar surface area (TPSA) is 78.9 Å². The van der Waals surface area contributed by atoms with Gasteiger partial charge in [0.25, 0.3) is 0 Å². The predicted molar refractivity (Wildman–Crippen MR) is 109 cm³/mol. The van der Waals surface area contributed by atoms with Crippen molar-refractivity contribution < 1.29 is 14.3 Å². The lowest BCUT2D eigenvalue weighted by Gasteiger charge is -2.24. The number of fused-ring (bicyclic) bond motifs is 1. The zero-order valence-corrected chi connectivity index (χ0v) is 17.2. The Labute approximate surface area is 171 Å². The lowest BCUT2D eigenvalue weighted by atomic mass is 10.2. The average Bonchev–Trinajstić information content (AvgIpc) is 2.82. The summed E-state index contributed by atoms with van der Waals surface area (Å²) in [4.78, 5) is 39.5. The average molecular weight is 397 g/mol. The summed E-state index contributed by atoms with van der Waals surface area (Å²) in [5.74, 6) is -0.338. The Morgan fingerprint density at radius 3 is 2.83 bits per heavy atom. The van der Waals surface area contributed by atoms with Gasteiger partial charge < -0.3 is 14.5 Å². The highest BCUT2D eigenvalue weighted by Crippen LogP contribution is 2.25. The van der Waals surface area contributed by atoms with Crippen LogP contribution in [0.1, 0.15) is 28.5 Å². The van der Waals surface area contributed by atoms with Crippen LogP contribution in [0.3, 0.4) is 0 Å². The van der Waals surface area contributed by atoms with Crippen LogP contribution in [0.2, 0.25) is 0 Å². The quantitative estimate of drug-likeness (QED) is 0.656. The molecule has 8 nitrogen and oxygen atoms in total. The maximum atomic E-state index is 13.0. The van der Waals surface area contributed by atoms with Crippen molar-refractivity contribution in [2.24, 2.45) is 0 Å². The predicted octanol–water partition coefficient (Wildman–Crippen LogP) is 1.56. The summed E-state index contributed by atoms with van der Waals surface area (Å²) in [7, 11) is 3.97. The summed E-state index contributed by atoms with van der Waals surface area (Å²) >= 11 is 0.